The highest BCUT2D eigenvalue weighted by Crippen LogP contribution is 2.40. The minimum absolute atomic E-state index is 0.0414. The molecule has 3 N–H and O–H groups in total. The third kappa shape index (κ3) is 3.94. The Balaban J connectivity index is 1.96. The lowest BCUT2D eigenvalue weighted by Gasteiger charge is -2.39. The Labute approximate surface area is 159 Å². The predicted molar refractivity (Wildman–Crippen MR) is 107 cm³/mol. The van der Waals surface area contributed by atoms with Crippen LogP contribution in [-0.4, -0.2) is 30.2 Å². The molecule has 2 unspecified atom stereocenters. The van der Waals surface area contributed by atoms with E-state index in [1.807, 2.05) is 41.3 Å². The molecule has 1 aliphatic rings. The van der Waals surface area contributed by atoms with Crippen molar-refractivity contribution in [1.29, 1.82) is 0 Å². The number of hydrogen-bond acceptors (Lipinski definition) is 4. The molecule has 2 atom stereocenters. The second-order valence-electron chi connectivity index (χ2n) is 6.60. The van der Waals surface area contributed by atoms with Crippen LogP contribution in [0.4, 0.5) is 17.1 Å². The number of carbonyl (C=O) groups excluding carboxylic acids is 1. The molecule has 1 aliphatic heterocycles. The summed E-state index contributed by atoms with van der Waals surface area (Å²) in [6.45, 7) is 4.23. The summed E-state index contributed by atoms with van der Waals surface area (Å²) < 4.78 is 0. The molecular weight excluding hydrogens is 350 g/mol. The fourth-order valence-electron chi connectivity index (χ4n) is 3.54. The van der Waals surface area contributed by atoms with Crippen molar-refractivity contribution in [1.82, 2.24) is 0 Å². The third-order valence-corrected chi connectivity index (χ3v) is 4.90. The summed E-state index contributed by atoms with van der Waals surface area (Å²) in [6.07, 6.45) is 0.804. The number of nitrogens with zero attached hydrogens (tertiary/aromatic N) is 1. The third-order valence-electron chi connectivity index (χ3n) is 4.65. The van der Waals surface area contributed by atoms with Crippen LogP contribution in [0.3, 0.4) is 0 Å². The Morgan fingerprint density at radius 2 is 1.92 bits per heavy atom. The van der Waals surface area contributed by atoms with Gasteiger partial charge in [0.15, 0.2) is 0 Å². The first kappa shape index (κ1) is 18.5. The lowest BCUT2D eigenvalue weighted by molar-refractivity contribution is -0.117. The summed E-state index contributed by atoms with van der Waals surface area (Å²) in [7, 11) is 0. The van der Waals surface area contributed by atoms with Crippen LogP contribution < -0.4 is 15.5 Å². The molecule has 0 saturated carbocycles. The highest BCUT2D eigenvalue weighted by Gasteiger charge is 2.32. The molecule has 0 spiro atoms. The number of nitrogens with one attached hydrogen (secondary N) is 2. The fourth-order valence-corrected chi connectivity index (χ4v) is 3.66. The summed E-state index contributed by atoms with van der Waals surface area (Å²) in [6, 6.07) is 13.8. The van der Waals surface area contributed by atoms with Crippen LogP contribution in [0.5, 0.6) is 0 Å². The van der Waals surface area contributed by atoms with Crippen molar-refractivity contribution in [2.24, 2.45) is 0 Å². The minimum Gasteiger partial charge on any atom is -0.395 e. The molecule has 0 aromatic heterocycles. The lowest BCUT2D eigenvalue weighted by Crippen LogP contribution is -2.43. The number of anilines is 3. The van der Waals surface area contributed by atoms with E-state index in [2.05, 4.69) is 23.6 Å². The molecule has 0 bridgehead atoms. The second-order valence-corrected chi connectivity index (χ2v) is 7.04. The van der Waals surface area contributed by atoms with Crippen molar-refractivity contribution in [3.05, 3.63) is 53.1 Å². The van der Waals surface area contributed by atoms with Gasteiger partial charge in [0, 0.05) is 47.2 Å². The number of hydrogen-bond donors (Lipinski definition) is 3. The zero-order chi connectivity index (χ0) is 18.7. The van der Waals surface area contributed by atoms with Crippen molar-refractivity contribution in [3.63, 3.8) is 0 Å². The maximum atomic E-state index is 12.2. The number of aliphatic hydroxyl groups is 1. The van der Waals surface area contributed by atoms with Gasteiger partial charge in [-0.15, -0.1) is 0 Å². The van der Waals surface area contributed by atoms with Crippen molar-refractivity contribution >= 4 is 34.6 Å². The Kier molecular flexibility index (Phi) is 5.69. The maximum absolute atomic E-state index is 12.2. The van der Waals surface area contributed by atoms with Crippen LogP contribution in [0, 0.1) is 0 Å². The molecule has 0 saturated heterocycles. The number of fused-ring (bicyclic) bond motifs is 1. The van der Waals surface area contributed by atoms with Crippen LogP contribution >= 0.6 is 11.6 Å². The van der Waals surface area contributed by atoms with E-state index < -0.39 is 0 Å². The molecule has 2 aromatic carbocycles. The van der Waals surface area contributed by atoms with E-state index in [1.165, 1.54) is 0 Å². The summed E-state index contributed by atoms with van der Waals surface area (Å²) >= 11 is 5.98. The zero-order valence-corrected chi connectivity index (χ0v) is 15.8. The number of carbonyl (C=O) groups is 1. The first-order valence-electron chi connectivity index (χ1n) is 8.80. The first-order valence-corrected chi connectivity index (χ1v) is 9.18. The van der Waals surface area contributed by atoms with Crippen LogP contribution in [0.15, 0.2) is 42.5 Å². The molecule has 138 valence electrons. The van der Waals surface area contributed by atoms with E-state index in [4.69, 9.17) is 16.7 Å². The highest BCUT2D eigenvalue weighted by atomic mass is 35.5. The summed E-state index contributed by atoms with van der Waals surface area (Å²) in [5, 5.41) is 16.5. The van der Waals surface area contributed by atoms with E-state index in [0.29, 0.717) is 11.6 Å². The lowest BCUT2D eigenvalue weighted by atomic mass is 9.91. The number of aliphatic hydroxyl groups excluding tert-OH is 1. The van der Waals surface area contributed by atoms with Gasteiger partial charge in [-0.2, -0.15) is 0 Å². The molecule has 6 heteroatoms. The fraction of sp³-hybridized carbons (Fsp3) is 0.350. The van der Waals surface area contributed by atoms with Gasteiger partial charge in [0.2, 0.25) is 5.91 Å². The average molecular weight is 374 g/mol. The molecule has 1 heterocycles. The monoisotopic (exact) mass is 373 g/mol. The van der Waals surface area contributed by atoms with Gasteiger partial charge in [-0.05, 0) is 55.8 Å². The Bertz CT molecular complexity index is 779. The SMILES string of the molecule is CC(=O)N1c2ccc(NCCO)cc2C(Nc2ccc(Cl)cc2)CC1C. The van der Waals surface area contributed by atoms with Gasteiger partial charge in [-0.1, -0.05) is 11.6 Å². The second kappa shape index (κ2) is 7.98. The Hall–Kier alpha value is -2.24. The van der Waals surface area contributed by atoms with Gasteiger partial charge in [0.25, 0.3) is 0 Å². The molecular formula is C20H24ClN3O2. The Morgan fingerprint density at radius 3 is 2.58 bits per heavy atom. The summed E-state index contributed by atoms with van der Waals surface area (Å²) in [4.78, 5) is 14.0. The largest absolute Gasteiger partial charge is 0.395 e. The summed E-state index contributed by atoms with van der Waals surface area (Å²) in [5.41, 5.74) is 3.91. The van der Waals surface area contributed by atoms with Crippen LogP contribution in [-0.2, 0) is 4.79 Å². The molecule has 1 amide bonds. The van der Waals surface area contributed by atoms with E-state index in [0.717, 1.165) is 29.0 Å². The standard InChI is InChI=1S/C20H24ClN3O2/c1-13-11-19(23-16-5-3-15(21)4-6-16)18-12-17(22-9-10-25)7-8-20(18)24(13)14(2)26/h3-8,12-13,19,22-23,25H,9-11H2,1-2H3. The van der Waals surface area contributed by atoms with Gasteiger partial charge in [0.05, 0.1) is 12.6 Å². The van der Waals surface area contributed by atoms with Crippen LogP contribution in [0.25, 0.3) is 0 Å². The predicted octanol–water partition coefficient (Wildman–Crippen LogP) is 4.04. The van der Waals surface area contributed by atoms with Crippen LogP contribution in [0.2, 0.25) is 5.02 Å². The molecule has 0 radical (unpaired) electrons. The van der Waals surface area contributed by atoms with E-state index >= 15 is 0 Å². The van der Waals surface area contributed by atoms with Crippen molar-refractivity contribution in [3.8, 4) is 0 Å². The van der Waals surface area contributed by atoms with E-state index in [9.17, 15) is 4.79 Å². The van der Waals surface area contributed by atoms with E-state index in [-0.39, 0.29) is 24.6 Å². The van der Waals surface area contributed by atoms with Crippen molar-refractivity contribution in [2.45, 2.75) is 32.4 Å². The normalized spacial score (nSPS) is 19.0. The topological polar surface area (TPSA) is 64.6 Å². The molecule has 5 nitrogen and oxygen atoms in total. The quantitative estimate of drug-likeness (QED) is 0.740. The molecule has 26 heavy (non-hydrogen) atoms. The highest BCUT2D eigenvalue weighted by molar-refractivity contribution is 6.30. The average Bonchev–Trinajstić information content (AvgIpc) is 2.61. The zero-order valence-electron chi connectivity index (χ0n) is 15.0. The Morgan fingerprint density at radius 1 is 1.23 bits per heavy atom. The van der Waals surface area contributed by atoms with Gasteiger partial charge < -0.3 is 20.6 Å². The first-order chi connectivity index (χ1) is 12.5. The van der Waals surface area contributed by atoms with Gasteiger partial charge in [0.1, 0.15) is 0 Å². The number of halogens is 1. The number of rotatable bonds is 5. The van der Waals surface area contributed by atoms with Gasteiger partial charge in [-0.3, -0.25) is 4.79 Å². The van der Waals surface area contributed by atoms with Gasteiger partial charge >= 0.3 is 0 Å². The van der Waals surface area contributed by atoms with E-state index in [1.54, 1.807) is 6.92 Å². The maximum Gasteiger partial charge on any atom is 0.224 e. The molecule has 0 fully saturated rings. The van der Waals surface area contributed by atoms with Crippen molar-refractivity contribution < 1.29 is 9.90 Å². The van der Waals surface area contributed by atoms with Gasteiger partial charge in [-0.25, -0.2) is 0 Å². The molecule has 2 aromatic rings. The smallest absolute Gasteiger partial charge is 0.224 e. The van der Waals surface area contributed by atoms with Crippen LogP contribution in [0.1, 0.15) is 31.9 Å². The minimum atomic E-state index is 0.0414. The number of amides is 1. The number of benzene rings is 2. The molecule has 0 aliphatic carbocycles. The van der Waals surface area contributed by atoms with Crippen molar-refractivity contribution in [2.75, 3.05) is 28.7 Å². The summed E-state index contributed by atoms with van der Waals surface area (Å²) in [5.74, 6) is 0.0414. The molecule has 3 rings (SSSR count).